The Labute approximate surface area is 140 Å². The third-order valence-corrected chi connectivity index (χ3v) is 5.22. The largest absolute Gasteiger partial charge is 0.393 e. The van der Waals surface area contributed by atoms with Crippen LogP contribution in [0.2, 0.25) is 5.02 Å². The number of amides is 1. The molecule has 1 aromatic rings. The number of aliphatic hydroxyl groups is 1. The molecule has 3 rings (SSSR count). The molecule has 0 radical (unpaired) electrons. The van der Waals surface area contributed by atoms with Crippen LogP contribution in [0.15, 0.2) is 18.2 Å². The van der Waals surface area contributed by atoms with Crippen LogP contribution in [0.4, 0.5) is 4.39 Å². The minimum atomic E-state index is -0.456. The Morgan fingerprint density at radius 3 is 3.00 bits per heavy atom. The fraction of sp³-hybridized carbons (Fsp3) is 0.588. The Balaban J connectivity index is 1.73. The molecule has 0 bridgehead atoms. The van der Waals surface area contributed by atoms with Gasteiger partial charge in [-0.1, -0.05) is 17.7 Å². The minimum absolute atomic E-state index is 0.0386. The molecule has 23 heavy (non-hydrogen) atoms. The summed E-state index contributed by atoms with van der Waals surface area (Å²) in [6, 6.07) is 4.39. The van der Waals surface area contributed by atoms with E-state index in [1.165, 1.54) is 12.1 Å². The predicted molar refractivity (Wildman–Crippen MR) is 84.8 cm³/mol. The number of rotatable bonds is 3. The van der Waals surface area contributed by atoms with Crippen molar-refractivity contribution in [2.45, 2.75) is 37.8 Å². The predicted octanol–water partition coefficient (Wildman–Crippen LogP) is 2.41. The van der Waals surface area contributed by atoms with Gasteiger partial charge in [0.1, 0.15) is 5.82 Å². The van der Waals surface area contributed by atoms with Crippen molar-refractivity contribution in [3.05, 3.63) is 34.6 Å². The summed E-state index contributed by atoms with van der Waals surface area (Å²) in [6.07, 6.45) is 1.85. The van der Waals surface area contributed by atoms with E-state index in [9.17, 15) is 14.3 Å². The molecule has 6 heteroatoms. The first kappa shape index (κ1) is 16.7. The molecular formula is C17H21ClFNO3. The molecule has 0 aromatic heterocycles. The first-order valence-corrected chi connectivity index (χ1v) is 8.44. The highest BCUT2D eigenvalue weighted by atomic mass is 35.5. The van der Waals surface area contributed by atoms with Gasteiger partial charge >= 0.3 is 0 Å². The third kappa shape index (κ3) is 3.52. The number of likely N-dealkylation sites (tertiary alicyclic amines) is 1. The molecule has 0 aliphatic carbocycles. The highest BCUT2D eigenvalue weighted by molar-refractivity contribution is 6.31. The van der Waals surface area contributed by atoms with Gasteiger partial charge in [-0.05, 0) is 31.4 Å². The van der Waals surface area contributed by atoms with Gasteiger partial charge in [0, 0.05) is 35.7 Å². The molecular weight excluding hydrogens is 321 g/mol. The van der Waals surface area contributed by atoms with Crippen LogP contribution >= 0.6 is 11.6 Å². The summed E-state index contributed by atoms with van der Waals surface area (Å²) in [5.74, 6) is -0.661. The minimum Gasteiger partial charge on any atom is -0.393 e. The molecule has 126 valence electrons. The van der Waals surface area contributed by atoms with E-state index in [1.807, 2.05) is 0 Å². The maximum Gasteiger partial charge on any atom is 0.227 e. The lowest BCUT2D eigenvalue weighted by atomic mass is 9.89. The quantitative estimate of drug-likeness (QED) is 0.918. The van der Waals surface area contributed by atoms with Crippen molar-refractivity contribution in [1.82, 2.24) is 4.90 Å². The van der Waals surface area contributed by atoms with Crippen molar-refractivity contribution >= 4 is 17.5 Å². The van der Waals surface area contributed by atoms with Crippen molar-refractivity contribution in [2.24, 2.45) is 5.92 Å². The van der Waals surface area contributed by atoms with E-state index in [0.717, 1.165) is 12.8 Å². The fourth-order valence-electron chi connectivity index (χ4n) is 3.62. The van der Waals surface area contributed by atoms with Crippen LogP contribution in [0.25, 0.3) is 0 Å². The van der Waals surface area contributed by atoms with Gasteiger partial charge in [0.05, 0.1) is 19.1 Å². The topological polar surface area (TPSA) is 49.8 Å². The number of hydrogen-bond donors (Lipinski definition) is 1. The van der Waals surface area contributed by atoms with Crippen LogP contribution < -0.4 is 0 Å². The zero-order chi connectivity index (χ0) is 16.4. The average Bonchev–Trinajstić information content (AvgIpc) is 3.01. The average molecular weight is 342 g/mol. The normalized spacial score (nSPS) is 28.1. The van der Waals surface area contributed by atoms with Gasteiger partial charge < -0.3 is 14.7 Å². The molecule has 2 fully saturated rings. The standard InChI is InChI=1S/C17H21ClFNO3/c18-13-3-1-4-14(19)11(13)9-17(22)20-7-2-5-15(20)12-10-23-8-6-16(12)21/h1,3-4,12,15-16,21H,2,5-10H2/t12-,15-,16+/m1/s1. The lowest BCUT2D eigenvalue weighted by Gasteiger charge is -2.37. The summed E-state index contributed by atoms with van der Waals surface area (Å²) in [5, 5.41) is 10.5. The molecule has 1 aromatic carbocycles. The Bertz CT molecular complexity index is 563. The summed E-state index contributed by atoms with van der Waals surface area (Å²) in [6.45, 7) is 1.66. The van der Waals surface area contributed by atoms with Crippen molar-refractivity contribution in [1.29, 1.82) is 0 Å². The molecule has 4 nitrogen and oxygen atoms in total. The molecule has 3 atom stereocenters. The van der Waals surface area contributed by atoms with Crippen LogP contribution in [-0.4, -0.2) is 47.8 Å². The van der Waals surface area contributed by atoms with Crippen LogP contribution in [0, 0.1) is 11.7 Å². The number of halogens is 2. The maximum absolute atomic E-state index is 13.9. The molecule has 2 heterocycles. The van der Waals surface area contributed by atoms with E-state index in [1.54, 1.807) is 11.0 Å². The smallest absolute Gasteiger partial charge is 0.227 e. The monoisotopic (exact) mass is 341 g/mol. The summed E-state index contributed by atoms with van der Waals surface area (Å²) in [4.78, 5) is 14.4. The third-order valence-electron chi connectivity index (χ3n) is 4.87. The molecule has 2 aliphatic heterocycles. The van der Waals surface area contributed by atoms with E-state index in [2.05, 4.69) is 0 Å². The Morgan fingerprint density at radius 2 is 2.26 bits per heavy atom. The van der Waals surface area contributed by atoms with Crippen molar-refractivity contribution in [3.8, 4) is 0 Å². The molecule has 2 saturated heterocycles. The fourth-order valence-corrected chi connectivity index (χ4v) is 3.85. The summed E-state index contributed by atoms with van der Waals surface area (Å²) >= 11 is 6.02. The number of aliphatic hydroxyl groups excluding tert-OH is 1. The zero-order valence-electron chi connectivity index (χ0n) is 12.9. The van der Waals surface area contributed by atoms with Crippen molar-refractivity contribution < 1.29 is 19.0 Å². The van der Waals surface area contributed by atoms with E-state index < -0.39 is 11.9 Å². The number of carbonyl (C=O) groups excluding carboxylic acids is 1. The van der Waals surface area contributed by atoms with Crippen molar-refractivity contribution in [2.75, 3.05) is 19.8 Å². The van der Waals surface area contributed by atoms with Gasteiger partial charge in [0.15, 0.2) is 0 Å². The highest BCUT2D eigenvalue weighted by Gasteiger charge is 2.39. The lowest BCUT2D eigenvalue weighted by Crippen LogP contribution is -2.48. The number of ether oxygens (including phenoxy) is 1. The summed E-state index contributed by atoms with van der Waals surface area (Å²) in [7, 11) is 0. The summed E-state index contributed by atoms with van der Waals surface area (Å²) < 4.78 is 19.4. The van der Waals surface area contributed by atoms with Crippen LogP contribution in [0.3, 0.4) is 0 Å². The number of hydrogen-bond acceptors (Lipinski definition) is 3. The zero-order valence-corrected chi connectivity index (χ0v) is 13.6. The molecule has 2 aliphatic rings. The van der Waals surface area contributed by atoms with Crippen LogP contribution in [0.5, 0.6) is 0 Å². The highest BCUT2D eigenvalue weighted by Crippen LogP contribution is 2.31. The Morgan fingerprint density at radius 1 is 1.43 bits per heavy atom. The molecule has 0 saturated carbocycles. The number of carbonyl (C=O) groups is 1. The van der Waals surface area contributed by atoms with Gasteiger partial charge in [-0.15, -0.1) is 0 Å². The molecule has 1 amide bonds. The second-order valence-corrected chi connectivity index (χ2v) is 6.68. The second kappa shape index (κ2) is 7.16. The van der Waals surface area contributed by atoms with E-state index in [0.29, 0.717) is 26.2 Å². The van der Waals surface area contributed by atoms with Crippen LogP contribution in [0.1, 0.15) is 24.8 Å². The second-order valence-electron chi connectivity index (χ2n) is 6.27. The number of nitrogens with zero attached hydrogens (tertiary/aromatic N) is 1. The molecule has 1 N–H and O–H groups in total. The van der Waals surface area contributed by atoms with E-state index in [4.69, 9.17) is 16.3 Å². The van der Waals surface area contributed by atoms with Gasteiger partial charge in [0.2, 0.25) is 5.91 Å². The summed E-state index contributed by atoms with van der Waals surface area (Å²) in [5.41, 5.74) is 0.241. The molecule has 0 unspecified atom stereocenters. The van der Waals surface area contributed by atoms with Crippen molar-refractivity contribution in [3.63, 3.8) is 0 Å². The van der Waals surface area contributed by atoms with Gasteiger partial charge in [-0.2, -0.15) is 0 Å². The lowest BCUT2D eigenvalue weighted by molar-refractivity contribution is -0.135. The Hall–Kier alpha value is -1.17. The van der Waals surface area contributed by atoms with Gasteiger partial charge in [-0.25, -0.2) is 4.39 Å². The Kier molecular flexibility index (Phi) is 5.19. The van der Waals surface area contributed by atoms with Gasteiger partial charge in [-0.3, -0.25) is 4.79 Å². The van der Waals surface area contributed by atoms with Crippen LogP contribution in [-0.2, 0) is 16.0 Å². The SMILES string of the molecule is O=C(Cc1c(F)cccc1Cl)N1CCC[C@@H]1[C@H]1COCC[C@@H]1O. The van der Waals surface area contributed by atoms with E-state index >= 15 is 0 Å². The number of benzene rings is 1. The first-order chi connectivity index (χ1) is 11.1. The first-order valence-electron chi connectivity index (χ1n) is 8.06. The van der Waals surface area contributed by atoms with Gasteiger partial charge in [0.25, 0.3) is 0 Å². The van der Waals surface area contributed by atoms with E-state index in [-0.39, 0.29) is 34.9 Å². The molecule has 0 spiro atoms. The maximum atomic E-state index is 13.9.